The lowest BCUT2D eigenvalue weighted by atomic mass is 10.2. The van der Waals surface area contributed by atoms with Crippen molar-refractivity contribution in [1.82, 2.24) is 4.98 Å². The van der Waals surface area contributed by atoms with Gasteiger partial charge in [0, 0.05) is 10.6 Å². The number of hydrogen-bond donors (Lipinski definition) is 2. The number of carboxylic acid groups (broad SMARTS) is 1. The number of benzene rings is 1. The number of hydrogen-bond acceptors (Lipinski definition) is 4. The Labute approximate surface area is 128 Å². The third-order valence-corrected chi connectivity index (χ3v) is 4.03. The van der Waals surface area contributed by atoms with Gasteiger partial charge in [-0.25, -0.2) is 4.98 Å². The van der Waals surface area contributed by atoms with Gasteiger partial charge in [0.05, 0.1) is 17.7 Å². The highest BCUT2D eigenvalue weighted by molar-refractivity contribution is 7.15. The van der Waals surface area contributed by atoms with Crippen molar-refractivity contribution in [3.8, 4) is 0 Å². The summed E-state index contributed by atoms with van der Waals surface area (Å²) in [4.78, 5) is 15.6. The Morgan fingerprint density at radius 3 is 2.77 bits per heavy atom. The zero-order valence-corrected chi connectivity index (χ0v) is 12.4. The fourth-order valence-electron chi connectivity index (χ4n) is 1.83. The fourth-order valence-corrected chi connectivity index (χ4v) is 2.81. The number of nitrogens with zero attached hydrogens (tertiary/aromatic N) is 1. The van der Waals surface area contributed by atoms with E-state index in [0.717, 1.165) is 17.0 Å². The molecule has 2 rings (SSSR count). The van der Waals surface area contributed by atoms with E-state index < -0.39 is 17.7 Å². The van der Waals surface area contributed by atoms with Gasteiger partial charge in [-0.2, -0.15) is 13.2 Å². The molecular weight excluding hydrogens is 317 g/mol. The minimum absolute atomic E-state index is 0.00790. The predicted octanol–water partition coefficient (Wildman–Crippen LogP) is 4.23. The number of carbonyl (C=O) groups is 1. The third-order valence-electron chi connectivity index (χ3n) is 2.90. The van der Waals surface area contributed by atoms with Gasteiger partial charge in [0.2, 0.25) is 0 Å². The van der Waals surface area contributed by atoms with E-state index >= 15 is 0 Å². The molecule has 0 bridgehead atoms. The number of aromatic nitrogens is 1. The van der Waals surface area contributed by atoms with Crippen LogP contribution in [0.25, 0.3) is 0 Å². The number of nitrogens with one attached hydrogen (secondary N) is 1. The summed E-state index contributed by atoms with van der Waals surface area (Å²) in [7, 11) is 0. The van der Waals surface area contributed by atoms with Crippen LogP contribution in [0.15, 0.2) is 24.3 Å². The van der Waals surface area contributed by atoms with Gasteiger partial charge >= 0.3 is 12.1 Å². The second-order valence-electron chi connectivity index (χ2n) is 4.62. The maximum atomic E-state index is 12.7. The van der Waals surface area contributed by atoms with E-state index in [0.29, 0.717) is 17.2 Å². The number of anilines is 2. The molecule has 0 amide bonds. The standard InChI is InChI=1S/C14H13F3N2O2S/c1-8-11(5-6-12(20)21)22-13(18-8)19-10-4-2-3-9(7-10)14(15,16)17/h2-4,7H,5-6H2,1H3,(H,18,19)(H,20,21). The SMILES string of the molecule is Cc1nc(Nc2cccc(C(F)(F)F)c2)sc1CCC(=O)O. The smallest absolute Gasteiger partial charge is 0.416 e. The number of alkyl halides is 3. The Bertz CT molecular complexity index is 683. The molecule has 2 aromatic rings. The van der Waals surface area contributed by atoms with Crippen LogP contribution in [-0.4, -0.2) is 16.1 Å². The van der Waals surface area contributed by atoms with Crippen LogP contribution in [0.4, 0.5) is 24.0 Å². The Hall–Kier alpha value is -2.09. The molecule has 8 heteroatoms. The molecule has 0 unspecified atom stereocenters. The first kappa shape index (κ1) is 16.3. The molecule has 1 aromatic heterocycles. The van der Waals surface area contributed by atoms with Crippen molar-refractivity contribution in [3.05, 3.63) is 40.4 Å². The molecule has 0 saturated carbocycles. The second-order valence-corrected chi connectivity index (χ2v) is 5.71. The van der Waals surface area contributed by atoms with E-state index in [1.807, 2.05) is 0 Å². The number of aliphatic carboxylic acids is 1. The molecule has 0 saturated heterocycles. The largest absolute Gasteiger partial charge is 0.481 e. The molecule has 0 radical (unpaired) electrons. The van der Waals surface area contributed by atoms with E-state index in [2.05, 4.69) is 10.3 Å². The van der Waals surface area contributed by atoms with E-state index in [1.165, 1.54) is 23.5 Å². The van der Waals surface area contributed by atoms with Crippen molar-refractivity contribution < 1.29 is 23.1 Å². The summed E-state index contributed by atoms with van der Waals surface area (Å²) in [5.41, 5.74) is 0.228. The minimum atomic E-state index is -4.40. The molecule has 0 aliphatic heterocycles. The average molecular weight is 330 g/mol. The number of thiazole rings is 1. The molecular formula is C14H13F3N2O2S. The predicted molar refractivity (Wildman–Crippen MR) is 77.5 cm³/mol. The van der Waals surface area contributed by atoms with Gasteiger partial charge in [-0.15, -0.1) is 11.3 Å². The molecule has 4 nitrogen and oxygen atoms in total. The number of aryl methyl sites for hydroxylation is 2. The van der Waals surface area contributed by atoms with Gasteiger partial charge < -0.3 is 10.4 Å². The average Bonchev–Trinajstić information content (AvgIpc) is 2.76. The van der Waals surface area contributed by atoms with Crippen molar-refractivity contribution in [2.75, 3.05) is 5.32 Å². The Balaban J connectivity index is 2.14. The number of halogens is 3. The van der Waals surface area contributed by atoms with E-state index in [9.17, 15) is 18.0 Å². The highest BCUT2D eigenvalue weighted by Gasteiger charge is 2.30. The maximum Gasteiger partial charge on any atom is 0.416 e. The molecule has 0 aliphatic carbocycles. The van der Waals surface area contributed by atoms with Gasteiger partial charge in [0.25, 0.3) is 0 Å². The molecule has 1 aromatic carbocycles. The van der Waals surface area contributed by atoms with Crippen LogP contribution in [0.1, 0.15) is 22.6 Å². The van der Waals surface area contributed by atoms with Crippen LogP contribution >= 0.6 is 11.3 Å². The molecule has 1 heterocycles. The van der Waals surface area contributed by atoms with Gasteiger partial charge in [-0.1, -0.05) is 6.07 Å². The van der Waals surface area contributed by atoms with Crippen molar-refractivity contribution in [1.29, 1.82) is 0 Å². The van der Waals surface area contributed by atoms with Crippen molar-refractivity contribution >= 4 is 28.1 Å². The van der Waals surface area contributed by atoms with Crippen LogP contribution in [0.3, 0.4) is 0 Å². The van der Waals surface area contributed by atoms with Crippen molar-refractivity contribution in [3.63, 3.8) is 0 Å². The van der Waals surface area contributed by atoms with Gasteiger partial charge in [0.15, 0.2) is 5.13 Å². The summed E-state index contributed by atoms with van der Waals surface area (Å²) in [6.45, 7) is 1.74. The Morgan fingerprint density at radius 1 is 1.41 bits per heavy atom. The minimum Gasteiger partial charge on any atom is -0.481 e. The fraction of sp³-hybridized carbons (Fsp3) is 0.286. The quantitative estimate of drug-likeness (QED) is 0.861. The van der Waals surface area contributed by atoms with Crippen LogP contribution in [0.2, 0.25) is 0 Å². The van der Waals surface area contributed by atoms with Gasteiger partial charge in [-0.3, -0.25) is 4.79 Å². The zero-order valence-electron chi connectivity index (χ0n) is 11.6. The first-order valence-corrected chi connectivity index (χ1v) is 7.20. The van der Waals surface area contributed by atoms with Crippen LogP contribution in [-0.2, 0) is 17.4 Å². The topological polar surface area (TPSA) is 62.2 Å². The lowest BCUT2D eigenvalue weighted by Crippen LogP contribution is -2.05. The number of rotatable bonds is 5. The van der Waals surface area contributed by atoms with Crippen LogP contribution < -0.4 is 5.32 Å². The van der Waals surface area contributed by atoms with Gasteiger partial charge in [-0.05, 0) is 31.5 Å². The molecule has 118 valence electrons. The van der Waals surface area contributed by atoms with Crippen molar-refractivity contribution in [2.45, 2.75) is 25.9 Å². The first-order chi connectivity index (χ1) is 10.3. The lowest BCUT2D eigenvalue weighted by Gasteiger charge is -2.08. The summed E-state index contributed by atoms with van der Waals surface area (Å²) in [6.07, 6.45) is -4.06. The zero-order chi connectivity index (χ0) is 16.3. The first-order valence-electron chi connectivity index (χ1n) is 6.38. The summed E-state index contributed by atoms with van der Waals surface area (Å²) >= 11 is 1.24. The van der Waals surface area contributed by atoms with Gasteiger partial charge in [0.1, 0.15) is 0 Å². The Kier molecular flexibility index (Phi) is 4.70. The maximum absolute atomic E-state index is 12.7. The molecule has 0 fully saturated rings. The van der Waals surface area contributed by atoms with E-state index in [1.54, 1.807) is 6.92 Å². The summed E-state index contributed by atoms with van der Waals surface area (Å²) in [5, 5.41) is 11.9. The van der Waals surface area contributed by atoms with Crippen LogP contribution in [0, 0.1) is 6.92 Å². The highest BCUT2D eigenvalue weighted by Crippen LogP contribution is 2.32. The third kappa shape index (κ3) is 4.20. The second kappa shape index (κ2) is 6.35. The number of carboxylic acids is 1. The molecule has 0 atom stereocenters. The summed E-state index contributed by atoms with van der Waals surface area (Å²) in [6, 6.07) is 4.84. The van der Waals surface area contributed by atoms with Crippen LogP contribution in [0.5, 0.6) is 0 Å². The molecule has 0 aliphatic rings. The Morgan fingerprint density at radius 2 is 2.14 bits per heavy atom. The van der Waals surface area contributed by atoms with E-state index in [4.69, 9.17) is 5.11 Å². The normalized spacial score (nSPS) is 11.5. The molecule has 22 heavy (non-hydrogen) atoms. The highest BCUT2D eigenvalue weighted by atomic mass is 32.1. The lowest BCUT2D eigenvalue weighted by molar-refractivity contribution is -0.138. The molecule has 2 N–H and O–H groups in total. The molecule has 0 spiro atoms. The van der Waals surface area contributed by atoms with E-state index in [-0.39, 0.29) is 12.1 Å². The summed E-state index contributed by atoms with van der Waals surface area (Å²) < 4.78 is 38.0. The summed E-state index contributed by atoms with van der Waals surface area (Å²) in [5.74, 6) is -0.903. The van der Waals surface area contributed by atoms with Crippen molar-refractivity contribution in [2.24, 2.45) is 0 Å². The monoisotopic (exact) mass is 330 g/mol.